The molecule has 0 saturated carbocycles. The van der Waals surface area contributed by atoms with Gasteiger partial charge in [0.2, 0.25) is 0 Å². The second-order valence-electron chi connectivity index (χ2n) is 3.48. The molecule has 0 spiro atoms. The Hall–Kier alpha value is -1.56. The molecule has 0 atom stereocenters. The molecule has 0 aromatic heterocycles. The Morgan fingerprint density at radius 2 is 1.71 bits per heavy atom. The third kappa shape index (κ3) is 2.97. The third-order valence-corrected chi connectivity index (χ3v) is 2.97. The lowest BCUT2D eigenvalue weighted by Gasteiger charge is -2.06. The number of hydrogen-bond acceptors (Lipinski definition) is 2. The van der Waals surface area contributed by atoms with E-state index in [1.165, 1.54) is 6.07 Å². The molecular weight excluding hydrogens is 329 g/mol. The molecule has 0 bridgehead atoms. The Morgan fingerprint density at radius 3 is 2.35 bits per heavy atom. The summed E-state index contributed by atoms with van der Waals surface area (Å²) in [6, 6.07) is 13.9. The van der Waals surface area contributed by atoms with Gasteiger partial charge in [0.15, 0.2) is 0 Å². The van der Waals surface area contributed by atoms with E-state index in [1.54, 1.807) is 18.2 Å². The van der Waals surface area contributed by atoms with Crippen LogP contribution < -0.4 is 5.32 Å². The van der Waals surface area contributed by atoms with Gasteiger partial charge in [-0.05, 0) is 59.0 Å². The van der Waals surface area contributed by atoms with Crippen LogP contribution in [0.25, 0.3) is 0 Å². The van der Waals surface area contributed by atoms with Crippen molar-refractivity contribution in [3.05, 3.63) is 57.7 Å². The van der Waals surface area contributed by atoms with Crippen LogP contribution in [0.2, 0.25) is 0 Å². The number of nitrogens with one attached hydrogen (secondary N) is 1. The molecule has 0 aliphatic rings. The van der Waals surface area contributed by atoms with Gasteiger partial charge in [0, 0.05) is 9.26 Å². The van der Waals surface area contributed by atoms with Crippen molar-refractivity contribution in [1.29, 1.82) is 0 Å². The number of halogens is 1. The van der Waals surface area contributed by atoms with Gasteiger partial charge < -0.3 is 10.4 Å². The smallest absolute Gasteiger partial charge is 0.259 e. The quantitative estimate of drug-likeness (QED) is 0.826. The van der Waals surface area contributed by atoms with Gasteiger partial charge in [-0.15, -0.1) is 0 Å². The maximum atomic E-state index is 11.8. The predicted molar refractivity (Wildman–Crippen MR) is 75.2 cm³/mol. The van der Waals surface area contributed by atoms with Crippen LogP contribution in [-0.2, 0) is 0 Å². The first-order valence-electron chi connectivity index (χ1n) is 5.02. The molecule has 0 fully saturated rings. The summed E-state index contributed by atoms with van der Waals surface area (Å²) in [5.74, 6) is -0.334. The molecule has 0 unspecified atom stereocenters. The van der Waals surface area contributed by atoms with Gasteiger partial charge in [-0.2, -0.15) is 0 Å². The summed E-state index contributed by atoms with van der Waals surface area (Å²) in [4.78, 5) is 11.8. The van der Waals surface area contributed by atoms with E-state index in [4.69, 9.17) is 0 Å². The molecule has 4 heteroatoms. The van der Waals surface area contributed by atoms with Crippen LogP contribution >= 0.6 is 22.6 Å². The first-order chi connectivity index (χ1) is 8.16. The Kier molecular flexibility index (Phi) is 3.63. The number of para-hydroxylation sites is 1. The minimum atomic E-state index is -0.315. The Balaban J connectivity index is 2.17. The summed E-state index contributed by atoms with van der Waals surface area (Å²) in [6.45, 7) is 0. The lowest BCUT2D eigenvalue weighted by atomic mass is 10.2. The highest BCUT2D eigenvalue weighted by atomic mass is 127. The van der Waals surface area contributed by atoms with Gasteiger partial charge in [0.1, 0.15) is 5.75 Å². The molecule has 0 radical (unpaired) electrons. The Labute approximate surface area is 113 Å². The molecule has 1 amide bonds. The maximum Gasteiger partial charge on any atom is 0.259 e. The van der Waals surface area contributed by atoms with Crippen molar-refractivity contribution in [2.75, 3.05) is 5.32 Å². The number of rotatable bonds is 2. The lowest BCUT2D eigenvalue weighted by Crippen LogP contribution is -2.11. The Morgan fingerprint density at radius 1 is 1.06 bits per heavy atom. The van der Waals surface area contributed by atoms with E-state index >= 15 is 0 Å². The van der Waals surface area contributed by atoms with Crippen LogP contribution in [0.3, 0.4) is 0 Å². The van der Waals surface area contributed by atoms with Gasteiger partial charge in [-0.25, -0.2) is 0 Å². The van der Waals surface area contributed by atoms with E-state index < -0.39 is 0 Å². The molecular formula is C13H10INO2. The zero-order valence-corrected chi connectivity index (χ0v) is 11.0. The second-order valence-corrected chi connectivity index (χ2v) is 4.72. The molecule has 86 valence electrons. The van der Waals surface area contributed by atoms with Crippen LogP contribution in [0.4, 0.5) is 5.69 Å². The SMILES string of the molecule is O=C(Nc1ccc(I)cc1)c1ccccc1O. The van der Waals surface area contributed by atoms with E-state index in [1.807, 2.05) is 24.3 Å². The number of carbonyl (C=O) groups excluding carboxylic acids is 1. The van der Waals surface area contributed by atoms with Crippen molar-refractivity contribution in [1.82, 2.24) is 0 Å². The molecule has 2 rings (SSSR count). The Bertz CT molecular complexity index is 537. The average Bonchev–Trinajstić information content (AvgIpc) is 2.32. The number of carbonyl (C=O) groups is 1. The molecule has 0 aliphatic heterocycles. The number of hydrogen-bond donors (Lipinski definition) is 2. The molecule has 2 aromatic carbocycles. The van der Waals surface area contributed by atoms with Crippen LogP contribution in [0, 0.1) is 3.57 Å². The van der Waals surface area contributed by atoms with E-state index in [-0.39, 0.29) is 17.2 Å². The molecule has 17 heavy (non-hydrogen) atoms. The van der Waals surface area contributed by atoms with E-state index in [9.17, 15) is 9.90 Å². The second kappa shape index (κ2) is 5.18. The van der Waals surface area contributed by atoms with Crippen LogP contribution in [0.5, 0.6) is 5.75 Å². The molecule has 0 saturated heterocycles. The maximum absolute atomic E-state index is 11.8. The molecule has 3 nitrogen and oxygen atoms in total. The summed E-state index contributed by atoms with van der Waals surface area (Å²) in [6.07, 6.45) is 0. The van der Waals surface area contributed by atoms with Crippen LogP contribution in [-0.4, -0.2) is 11.0 Å². The van der Waals surface area contributed by atoms with Crippen molar-refractivity contribution >= 4 is 34.2 Å². The number of aromatic hydroxyl groups is 1. The normalized spacial score (nSPS) is 9.94. The number of amides is 1. The standard InChI is InChI=1S/C13H10INO2/c14-9-5-7-10(8-6-9)15-13(17)11-3-1-2-4-12(11)16/h1-8,16H,(H,15,17). The number of phenols is 1. The number of phenolic OH excluding ortho intramolecular Hbond substituents is 1. The zero-order chi connectivity index (χ0) is 12.3. The first kappa shape index (κ1) is 11.9. The van der Waals surface area contributed by atoms with Crippen molar-refractivity contribution in [3.8, 4) is 5.75 Å². The average molecular weight is 339 g/mol. The van der Waals surface area contributed by atoms with E-state index in [0.29, 0.717) is 5.69 Å². The summed E-state index contributed by atoms with van der Waals surface area (Å²) >= 11 is 2.19. The van der Waals surface area contributed by atoms with Gasteiger partial charge in [-0.1, -0.05) is 12.1 Å². The molecule has 0 heterocycles. The molecule has 0 aliphatic carbocycles. The van der Waals surface area contributed by atoms with Crippen molar-refractivity contribution in [2.45, 2.75) is 0 Å². The summed E-state index contributed by atoms with van der Waals surface area (Å²) in [5.41, 5.74) is 0.977. The van der Waals surface area contributed by atoms with Crippen molar-refractivity contribution in [2.24, 2.45) is 0 Å². The van der Waals surface area contributed by atoms with Crippen LogP contribution in [0.15, 0.2) is 48.5 Å². The predicted octanol–water partition coefficient (Wildman–Crippen LogP) is 3.25. The van der Waals surface area contributed by atoms with Gasteiger partial charge in [-0.3, -0.25) is 4.79 Å². The summed E-state index contributed by atoms with van der Waals surface area (Å²) in [7, 11) is 0. The number of anilines is 1. The fourth-order valence-electron chi connectivity index (χ4n) is 1.40. The molecule has 2 N–H and O–H groups in total. The van der Waals surface area contributed by atoms with E-state index in [2.05, 4.69) is 27.9 Å². The molecule has 2 aromatic rings. The topological polar surface area (TPSA) is 49.3 Å². The fraction of sp³-hybridized carbons (Fsp3) is 0. The highest BCUT2D eigenvalue weighted by Crippen LogP contribution is 2.18. The van der Waals surface area contributed by atoms with Crippen LogP contribution in [0.1, 0.15) is 10.4 Å². The van der Waals surface area contributed by atoms with Crippen molar-refractivity contribution in [3.63, 3.8) is 0 Å². The van der Waals surface area contributed by atoms with E-state index in [0.717, 1.165) is 3.57 Å². The minimum Gasteiger partial charge on any atom is -0.507 e. The highest BCUT2D eigenvalue weighted by molar-refractivity contribution is 14.1. The fourth-order valence-corrected chi connectivity index (χ4v) is 1.76. The largest absolute Gasteiger partial charge is 0.507 e. The van der Waals surface area contributed by atoms with Gasteiger partial charge >= 0.3 is 0 Å². The third-order valence-electron chi connectivity index (χ3n) is 2.25. The lowest BCUT2D eigenvalue weighted by molar-refractivity contribution is 0.102. The van der Waals surface area contributed by atoms with Gasteiger partial charge in [0.25, 0.3) is 5.91 Å². The highest BCUT2D eigenvalue weighted by Gasteiger charge is 2.09. The number of benzene rings is 2. The monoisotopic (exact) mass is 339 g/mol. The first-order valence-corrected chi connectivity index (χ1v) is 6.09. The summed E-state index contributed by atoms with van der Waals surface area (Å²) in [5, 5.41) is 12.3. The summed E-state index contributed by atoms with van der Waals surface area (Å²) < 4.78 is 1.10. The zero-order valence-electron chi connectivity index (χ0n) is 8.85. The van der Waals surface area contributed by atoms with Crippen molar-refractivity contribution < 1.29 is 9.90 Å². The minimum absolute atomic E-state index is 0.0180. The van der Waals surface area contributed by atoms with Gasteiger partial charge in [0.05, 0.1) is 5.56 Å².